The molecule has 3 atom stereocenters. The van der Waals surface area contributed by atoms with Crippen molar-refractivity contribution in [2.45, 2.75) is 38.8 Å². The summed E-state index contributed by atoms with van der Waals surface area (Å²) in [5.41, 5.74) is -0.402. The molecule has 4 heteroatoms. The van der Waals surface area contributed by atoms with Crippen molar-refractivity contribution in [3.63, 3.8) is 0 Å². The number of ether oxygens (including phenoxy) is 1. The zero-order valence-electron chi connectivity index (χ0n) is 9.67. The molecule has 86 valence electrons. The molecule has 2 aliphatic heterocycles. The minimum absolute atomic E-state index is 0.274. The molecular weight excluding hydrogens is 192 g/mol. The van der Waals surface area contributed by atoms with E-state index in [1.54, 1.807) is 0 Å². The number of hydrogen-bond acceptors (Lipinski definition) is 3. The standard InChI is InChI=1S/C11H20N2O2/c1-11(2,3)15-10(14)13-9-7-4-8(9)6-12-5-7/h7-9,12H,4-6H2,1-3H3,(H,13,14)/t7-,8?,9?/m0/s1. The normalized spacial score (nSPS) is 34.2. The summed E-state index contributed by atoms with van der Waals surface area (Å²) in [4.78, 5) is 11.5. The first-order valence-electron chi connectivity index (χ1n) is 5.66. The predicted octanol–water partition coefficient (Wildman–Crippen LogP) is 1.12. The van der Waals surface area contributed by atoms with Crippen LogP contribution in [0.2, 0.25) is 0 Å². The first kappa shape index (κ1) is 10.7. The Morgan fingerprint density at radius 2 is 1.93 bits per heavy atom. The third-order valence-electron chi connectivity index (χ3n) is 3.12. The van der Waals surface area contributed by atoms with E-state index in [-0.39, 0.29) is 6.09 Å². The largest absolute Gasteiger partial charge is 0.444 e. The Balaban J connectivity index is 1.80. The van der Waals surface area contributed by atoms with Crippen molar-refractivity contribution < 1.29 is 9.53 Å². The van der Waals surface area contributed by atoms with E-state index in [1.165, 1.54) is 6.42 Å². The fourth-order valence-corrected chi connectivity index (χ4v) is 2.43. The zero-order chi connectivity index (χ0) is 11.1. The van der Waals surface area contributed by atoms with Crippen LogP contribution in [0.5, 0.6) is 0 Å². The second kappa shape index (κ2) is 3.67. The molecule has 0 aromatic rings. The predicted molar refractivity (Wildman–Crippen MR) is 57.6 cm³/mol. The third kappa shape index (κ3) is 2.43. The lowest BCUT2D eigenvalue weighted by atomic mass is 9.67. The summed E-state index contributed by atoms with van der Waals surface area (Å²) in [6.45, 7) is 7.70. The molecule has 0 spiro atoms. The second-order valence-corrected chi connectivity index (χ2v) is 5.59. The molecule has 2 unspecified atom stereocenters. The Hall–Kier alpha value is -0.770. The minimum atomic E-state index is -0.402. The number of amides is 1. The van der Waals surface area contributed by atoms with Gasteiger partial charge in [-0.2, -0.15) is 0 Å². The second-order valence-electron chi connectivity index (χ2n) is 5.59. The quantitative estimate of drug-likeness (QED) is 0.685. The number of carbonyl (C=O) groups is 1. The maximum absolute atomic E-state index is 11.5. The first-order chi connectivity index (χ1) is 6.96. The van der Waals surface area contributed by atoms with Crippen LogP contribution in [0, 0.1) is 11.8 Å². The zero-order valence-corrected chi connectivity index (χ0v) is 9.67. The average Bonchev–Trinajstić information content (AvgIpc) is 2.12. The van der Waals surface area contributed by atoms with Crippen LogP contribution in [-0.2, 0) is 4.74 Å². The van der Waals surface area contributed by atoms with Crippen LogP contribution >= 0.6 is 0 Å². The Morgan fingerprint density at radius 1 is 1.33 bits per heavy atom. The summed E-state index contributed by atoms with van der Waals surface area (Å²) in [7, 11) is 0. The van der Waals surface area contributed by atoms with Crippen molar-refractivity contribution in [1.82, 2.24) is 10.6 Å². The molecule has 2 heterocycles. The number of alkyl carbamates (subject to hydrolysis) is 1. The van der Waals surface area contributed by atoms with Crippen LogP contribution in [0.15, 0.2) is 0 Å². The monoisotopic (exact) mass is 212 g/mol. The van der Waals surface area contributed by atoms with Gasteiger partial charge in [0, 0.05) is 6.04 Å². The summed E-state index contributed by atoms with van der Waals surface area (Å²) in [5, 5.41) is 6.32. The van der Waals surface area contributed by atoms with Gasteiger partial charge in [0.05, 0.1) is 0 Å². The first-order valence-corrected chi connectivity index (χ1v) is 5.66. The number of hydrogen-bond donors (Lipinski definition) is 2. The number of fused-ring (bicyclic) bond motifs is 2. The van der Waals surface area contributed by atoms with Gasteiger partial charge in [-0.1, -0.05) is 0 Å². The van der Waals surface area contributed by atoms with E-state index in [9.17, 15) is 4.79 Å². The van der Waals surface area contributed by atoms with E-state index in [0.717, 1.165) is 13.1 Å². The van der Waals surface area contributed by atoms with Crippen molar-refractivity contribution in [2.24, 2.45) is 11.8 Å². The van der Waals surface area contributed by atoms with Gasteiger partial charge in [0.1, 0.15) is 5.60 Å². The highest BCUT2D eigenvalue weighted by Crippen LogP contribution is 2.36. The molecule has 4 nitrogen and oxygen atoms in total. The maximum Gasteiger partial charge on any atom is 0.407 e. The van der Waals surface area contributed by atoms with E-state index in [2.05, 4.69) is 10.6 Å². The van der Waals surface area contributed by atoms with Gasteiger partial charge in [-0.25, -0.2) is 4.79 Å². The molecule has 2 bridgehead atoms. The number of piperidine rings is 2. The molecule has 1 aliphatic carbocycles. The van der Waals surface area contributed by atoms with Crippen molar-refractivity contribution >= 4 is 6.09 Å². The highest BCUT2D eigenvalue weighted by Gasteiger charge is 2.44. The van der Waals surface area contributed by atoms with Gasteiger partial charge in [-0.3, -0.25) is 0 Å². The van der Waals surface area contributed by atoms with E-state index in [1.807, 2.05) is 20.8 Å². The Morgan fingerprint density at radius 3 is 2.40 bits per heavy atom. The molecule has 3 aliphatic rings. The topological polar surface area (TPSA) is 50.4 Å². The van der Waals surface area contributed by atoms with Crippen molar-refractivity contribution in [1.29, 1.82) is 0 Å². The number of nitrogens with one attached hydrogen (secondary N) is 2. The Kier molecular flexibility index (Phi) is 2.63. The third-order valence-corrected chi connectivity index (χ3v) is 3.12. The lowest BCUT2D eigenvalue weighted by Crippen LogP contribution is -2.63. The Bertz CT molecular complexity index is 246. The highest BCUT2D eigenvalue weighted by molar-refractivity contribution is 5.68. The lowest BCUT2D eigenvalue weighted by Gasteiger charge is -2.49. The van der Waals surface area contributed by atoms with E-state index in [0.29, 0.717) is 17.9 Å². The molecule has 2 N–H and O–H groups in total. The van der Waals surface area contributed by atoms with Crippen LogP contribution in [0.25, 0.3) is 0 Å². The van der Waals surface area contributed by atoms with Gasteiger partial charge in [0.25, 0.3) is 0 Å². The van der Waals surface area contributed by atoms with E-state index in [4.69, 9.17) is 4.74 Å². The van der Waals surface area contributed by atoms with Gasteiger partial charge < -0.3 is 15.4 Å². The molecule has 1 amide bonds. The van der Waals surface area contributed by atoms with Crippen LogP contribution in [-0.4, -0.2) is 30.8 Å². The summed E-state index contributed by atoms with van der Waals surface area (Å²) in [5.74, 6) is 1.22. The molecule has 2 saturated heterocycles. The minimum Gasteiger partial charge on any atom is -0.444 e. The van der Waals surface area contributed by atoms with Crippen LogP contribution in [0.1, 0.15) is 27.2 Å². The SMILES string of the molecule is CC(C)(C)OC(=O)NC1C2CNC[C@@H]1C2. The molecule has 0 aromatic carbocycles. The molecule has 15 heavy (non-hydrogen) atoms. The highest BCUT2D eigenvalue weighted by atomic mass is 16.6. The molecule has 0 radical (unpaired) electrons. The number of rotatable bonds is 1. The van der Waals surface area contributed by atoms with E-state index < -0.39 is 5.60 Å². The van der Waals surface area contributed by atoms with Gasteiger partial charge >= 0.3 is 6.09 Å². The molecule has 3 fully saturated rings. The van der Waals surface area contributed by atoms with Crippen molar-refractivity contribution in [3.05, 3.63) is 0 Å². The molecule has 0 aromatic heterocycles. The average molecular weight is 212 g/mol. The summed E-state index contributed by atoms with van der Waals surface area (Å²) in [6.07, 6.45) is 0.970. The summed E-state index contributed by atoms with van der Waals surface area (Å²) in [6, 6.07) is 0.334. The van der Waals surface area contributed by atoms with Crippen molar-refractivity contribution in [2.75, 3.05) is 13.1 Å². The van der Waals surface area contributed by atoms with Crippen LogP contribution in [0.3, 0.4) is 0 Å². The van der Waals surface area contributed by atoms with Gasteiger partial charge in [-0.05, 0) is 52.1 Å². The van der Waals surface area contributed by atoms with Crippen molar-refractivity contribution in [3.8, 4) is 0 Å². The Labute approximate surface area is 90.8 Å². The summed E-state index contributed by atoms with van der Waals surface area (Å²) < 4.78 is 5.24. The van der Waals surface area contributed by atoms with Gasteiger partial charge in [0.15, 0.2) is 0 Å². The van der Waals surface area contributed by atoms with Crippen LogP contribution < -0.4 is 10.6 Å². The molecule has 3 rings (SSSR count). The van der Waals surface area contributed by atoms with E-state index >= 15 is 0 Å². The molecule has 1 saturated carbocycles. The summed E-state index contributed by atoms with van der Waals surface area (Å²) >= 11 is 0. The fraction of sp³-hybridized carbons (Fsp3) is 0.909. The van der Waals surface area contributed by atoms with Crippen LogP contribution in [0.4, 0.5) is 4.79 Å². The fourth-order valence-electron chi connectivity index (χ4n) is 2.43. The van der Waals surface area contributed by atoms with Gasteiger partial charge in [-0.15, -0.1) is 0 Å². The maximum atomic E-state index is 11.5. The molecular formula is C11H20N2O2. The smallest absolute Gasteiger partial charge is 0.407 e. The lowest BCUT2D eigenvalue weighted by molar-refractivity contribution is 0.0236. The number of carbonyl (C=O) groups excluding carboxylic acids is 1. The van der Waals surface area contributed by atoms with Gasteiger partial charge in [0.2, 0.25) is 0 Å².